The number of hydrogen-bond donors (Lipinski definition) is 0. The van der Waals surface area contributed by atoms with Crippen molar-refractivity contribution in [3.63, 3.8) is 0 Å². The van der Waals surface area contributed by atoms with Crippen LogP contribution in [0, 0.1) is 0 Å². The van der Waals surface area contributed by atoms with Gasteiger partial charge in [0.1, 0.15) is 11.3 Å². The van der Waals surface area contributed by atoms with Crippen LogP contribution in [0.25, 0.3) is 5.65 Å². The van der Waals surface area contributed by atoms with Gasteiger partial charge in [0.15, 0.2) is 0 Å². The highest BCUT2D eigenvalue weighted by molar-refractivity contribution is 9.10. The van der Waals surface area contributed by atoms with E-state index in [1.165, 1.54) is 6.20 Å². The lowest BCUT2D eigenvalue weighted by molar-refractivity contribution is 0.147. The highest BCUT2D eigenvalue weighted by atomic mass is 79.9. The number of nitrogens with zero attached hydrogens (tertiary/aromatic N) is 2. The molecule has 0 aliphatic heterocycles. The van der Waals surface area contributed by atoms with Crippen molar-refractivity contribution in [3.8, 4) is 0 Å². The van der Waals surface area contributed by atoms with Gasteiger partial charge in [-0.05, 0) is 46.3 Å². The molecule has 16 heavy (non-hydrogen) atoms. The van der Waals surface area contributed by atoms with Gasteiger partial charge in [0.2, 0.25) is 0 Å². The Kier molecular flexibility index (Phi) is 2.24. The molecule has 0 atom stereocenters. The topological polar surface area (TPSA) is 17.3 Å². The van der Waals surface area contributed by atoms with Crippen LogP contribution >= 0.6 is 15.9 Å². The third kappa shape index (κ3) is 1.63. The molecule has 0 saturated heterocycles. The van der Waals surface area contributed by atoms with E-state index in [0.29, 0.717) is 11.6 Å². The Morgan fingerprint density at radius 1 is 1.38 bits per heavy atom. The summed E-state index contributed by atoms with van der Waals surface area (Å²) < 4.78 is 27.7. The van der Waals surface area contributed by atoms with Crippen LogP contribution in [0.3, 0.4) is 0 Å². The summed E-state index contributed by atoms with van der Waals surface area (Å²) in [5.41, 5.74) is 1.59. The molecule has 2 aromatic heterocycles. The molecule has 84 valence electrons. The first kappa shape index (κ1) is 10.2. The molecule has 0 bridgehead atoms. The van der Waals surface area contributed by atoms with Crippen LogP contribution in [0.1, 0.15) is 36.4 Å². The van der Waals surface area contributed by atoms with Crippen LogP contribution in [-0.4, -0.2) is 9.38 Å². The second-order valence-corrected chi connectivity index (χ2v) is 5.00. The maximum absolute atomic E-state index is 12.6. The van der Waals surface area contributed by atoms with Crippen molar-refractivity contribution >= 4 is 21.6 Å². The smallest absolute Gasteiger partial charge is 0.281 e. The molecule has 0 radical (unpaired) electrons. The summed E-state index contributed by atoms with van der Waals surface area (Å²) in [7, 11) is 0. The summed E-state index contributed by atoms with van der Waals surface area (Å²) >= 11 is 3.39. The molecule has 0 N–H and O–H groups in total. The second kappa shape index (κ2) is 3.52. The Morgan fingerprint density at radius 3 is 2.75 bits per heavy atom. The van der Waals surface area contributed by atoms with Gasteiger partial charge in [0.25, 0.3) is 6.43 Å². The van der Waals surface area contributed by atoms with Gasteiger partial charge in [-0.15, -0.1) is 0 Å². The Bertz CT molecular complexity index is 546. The molecule has 5 heteroatoms. The van der Waals surface area contributed by atoms with E-state index in [2.05, 4.69) is 20.9 Å². The van der Waals surface area contributed by atoms with E-state index >= 15 is 0 Å². The van der Waals surface area contributed by atoms with E-state index in [1.54, 1.807) is 10.6 Å². The number of aromatic nitrogens is 2. The first-order valence-electron chi connectivity index (χ1n) is 5.11. The van der Waals surface area contributed by atoms with Gasteiger partial charge in [-0.25, -0.2) is 13.8 Å². The summed E-state index contributed by atoms with van der Waals surface area (Å²) in [6.07, 6.45) is 2.91. The van der Waals surface area contributed by atoms with Gasteiger partial charge < -0.3 is 4.40 Å². The first-order chi connectivity index (χ1) is 7.65. The molecule has 0 spiro atoms. The second-order valence-electron chi connectivity index (χ2n) is 4.09. The summed E-state index contributed by atoms with van der Waals surface area (Å²) in [5.74, 6) is 0.493. The Labute approximate surface area is 99.4 Å². The molecule has 0 aromatic carbocycles. The van der Waals surface area contributed by atoms with Crippen molar-refractivity contribution in [2.75, 3.05) is 0 Å². The van der Waals surface area contributed by atoms with Crippen LogP contribution in [0.2, 0.25) is 0 Å². The molecule has 0 amide bonds. The molecular weight excluding hydrogens is 278 g/mol. The fourth-order valence-electron chi connectivity index (χ4n) is 1.91. The third-order valence-corrected chi connectivity index (χ3v) is 3.24. The van der Waals surface area contributed by atoms with Gasteiger partial charge >= 0.3 is 0 Å². The first-order valence-corrected chi connectivity index (χ1v) is 5.90. The average molecular weight is 287 g/mol. The molecule has 1 aliphatic rings. The van der Waals surface area contributed by atoms with Crippen LogP contribution in [0.5, 0.6) is 0 Å². The van der Waals surface area contributed by atoms with E-state index in [9.17, 15) is 8.78 Å². The van der Waals surface area contributed by atoms with Gasteiger partial charge in [0.05, 0.1) is 0 Å². The van der Waals surface area contributed by atoms with Crippen LogP contribution in [0.15, 0.2) is 22.9 Å². The van der Waals surface area contributed by atoms with Crippen LogP contribution < -0.4 is 0 Å². The van der Waals surface area contributed by atoms with Gasteiger partial charge in [0, 0.05) is 16.9 Å². The fourth-order valence-corrected chi connectivity index (χ4v) is 2.37. The maximum Gasteiger partial charge on any atom is 0.281 e. The number of pyridine rings is 1. The van der Waals surface area contributed by atoms with E-state index < -0.39 is 6.43 Å². The van der Waals surface area contributed by atoms with Crippen LogP contribution in [-0.2, 0) is 0 Å². The number of rotatable bonds is 2. The SMILES string of the molecule is FC(F)c1cn2cc(Br)cc(C3CC3)c2n1. The Hall–Kier alpha value is -0.970. The molecule has 3 rings (SSSR count). The number of alkyl halides is 2. The van der Waals surface area contributed by atoms with Gasteiger partial charge in [-0.1, -0.05) is 0 Å². The monoisotopic (exact) mass is 286 g/mol. The quantitative estimate of drug-likeness (QED) is 0.818. The van der Waals surface area contributed by atoms with E-state index in [0.717, 1.165) is 22.9 Å². The Morgan fingerprint density at radius 2 is 2.12 bits per heavy atom. The number of fused-ring (bicyclic) bond motifs is 1. The zero-order chi connectivity index (χ0) is 11.3. The highest BCUT2D eigenvalue weighted by Gasteiger charge is 2.27. The normalized spacial score (nSPS) is 16.2. The zero-order valence-electron chi connectivity index (χ0n) is 8.33. The maximum atomic E-state index is 12.6. The molecule has 2 heterocycles. The minimum absolute atomic E-state index is 0.153. The van der Waals surface area contributed by atoms with Gasteiger partial charge in [-0.2, -0.15) is 0 Å². The molecule has 0 unspecified atom stereocenters. The van der Waals surface area contributed by atoms with Crippen molar-refractivity contribution in [1.29, 1.82) is 0 Å². The minimum Gasteiger partial charge on any atom is -0.305 e. The van der Waals surface area contributed by atoms with Crippen LogP contribution in [0.4, 0.5) is 8.78 Å². The standard InChI is InChI=1S/C11H9BrF2N2/c12-7-3-8(6-1-2-6)11-15-9(10(13)14)5-16(11)4-7/h3-6,10H,1-2H2. The van der Waals surface area contributed by atoms with Crippen molar-refractivity contribution in [1.82, 2.24) is 9.38 Å². The summed E-state index contributed by atoms with van der Waals surface area (Å²) in [6.45, 7) is 0. The zero-order valence-corrected chi connectivity index (χ0v) is 9.92. The van der Waals surface area contributed by atoms with Crippen molar-refractivity contribution in [2.45, 2.75) is 25.2 Å². The average Bonchev–Trinajstić information content (AvgIpc) is 2.96. The lowest BCUT2D eigenvalue weighted by Gasteiger charge is -2.02. The van der Waals surface area contributed by atoms with E-state index in [4.69, 9.17) is 0 Å². The number of imidazole rings is 1. The van der Waals surface area contributed by atoms with Crippen molar-refractivity contribution in [3.05, 3.63) is 34.2 Å². The van der Waals surface area contributed by atoms with Gasteiger partial charge in [-0.3, -0.25) is 0 Å². The molecule has 1 fully saturated rings. The third-order valence-electron chi connectivity index (χ3n) is 2.81. The number of hydrogen-bond acceptors (Lipinski definition) is 1. The minimum atomic E-state index is -2.51. The van der Waals surface area contributed by atoms with Crippen molar-refractivity contribution < 1.29 is 8.78 Å². The molecule has 2 aromatic rings. The molecule has 1 aliphatic carbocycles. The predicted octanol–water partition coefficient (Wildman–Crippen LogP) is 3.91. The summed E-state index contributed by atoms with van der Waals surface area (Å²) in [4.78, 5) is 4.01. The molecular formula is C11H9BrF2N2. The Balaban J connectivity index is 2.23. The lowest BCUT2D eigenvalue weighted by atomic mass is 10.2. The van der Waals surface area contributed by atoms with E-state index in [1.807, 2.05) is 6.07 Å². The fraction of sp³-hybridized carbons (Fsp3) is 0.364. The number of halogens is 3. The largest absolute Gasteiger partial charge is 0.305 e. The van der Waals surface area contributed by atoms with Crippen molar-refractivity contribution in [2.24, 2.45) is 0 Å². The summed E-state index contributed by atoms with van der Waals surface area (Å²) in [5, 5.41) is 0. The molecule has 1 saturated carbocycles. The lowest BCUT2D eigenvalue weighted by Crippen LogP contribution is -1.90. The predicted molar refractivity (Wildman–Crippen MR) is 59.8 cm³/mol. The van der Waals surface area contributed by atoms with E-state index in [-0.39, 0.29) is 5.69 Å². The summed E-state index contributed by atoms with van der Waals surface area (Å²) in [6, 6.07) is 1.98. The molecule has 2 nitrogen and oxygen atoms in total. The highest BCUT2D eigenvalue weighted by Crippen LogP contribution is 2.42.